The highest BCUT2D eigenvalue weighted by molar-refractivity contribution is 7.22. The zero-order chi connectivity index (χ0) is 19.1. The molecule has 0 N–H and O–H groups in total. The van der Waals surface area contributed by atoms with Gasteiger partial charge in [0.2, 0.25) is 0 Å². The summed E-state index contributed by atoms with van der Waals surface area (Å²) < 4.78 is 7.62. The summed E-state index contributed by atoms with van der Waals surface area (Å²) in [6.07, 6.45) is 3.73. The number of benzene rings is 2. The fourth-order valence-electron chi connectivity index (χ4n) is 3.48. The molecule has 3 heterocycles. The predicted molar refractivity (Wildman–Crippen MR) is 117 cm³/mol. The maximum absolute atomic E-state index is 12.7. The molecule has 0 spiro atoms. The smallest absolute Gasteiger partial charge is 0.355 e. The third-order valence-corrected chi connectivity index (χ3v) is 7.64. The van der Waals surface area contributed by atoms with Crippen LogP contribution in [0.2, 0.25) is 5.02 Å². The first-order valence-electron chi connectivity index (χ1n) is 9.24. The number of carbonyl (C=O) groups excluding carboxylic acids is 1. The number of carbonyl (C=O) groups is 1. The minimum atomic E-state index is -0.425. The van der Waals surface area contributed by atoms with E-state index in [4.69, 9.17) is 21.3 Å². The number of hydrogen-bond acceptors (Lipinski definition) is 6. The van der Waals surface area contributed by atoms with Crippen molar-refractivity contribution < 1.29 is 9.53 Å². The number of rotatable bonds is 3. The lowest BCUT2D eigenvalue weighted by Gasteiger charge is -2.25. The summed E-state index contributed by atoms with van der Waals surface area (Å²) in [4.78, 5) is 20.2. The highest BCUT2D eigenvalue weighted by atomic mass is 35.5. The first-order valence-corrected chi connectivity index (χ1v) is 11.2. The van der Waals surface area contributed by atoms with Gasteiger partial charge in [-0.05, 0) is 37.5 Å². The zero-order valence-corrected chi connectivity index (χ0v) is 17.4. The number of esters is 1. The molecule has 0 saturated carbocycles. The molecular weight excluding hydrogens is 412 g/mol. The van der Waals surface area contributed by atoms with E-state index in [0.29, 0.717) is 15.6 Å². The number of fused-ring (bicyclic) bond motifs is 2. The SMILES string of the molecule is O=C(Oc1ccc2nc(N3CCCCC3)sc2c1)c1sc2ccccc2c1Cl. The van der Waals surface area contributed by atoms with Crippen LogP contribution in [0, 0.1) is 0 Å². The predicted octanol–water partition coefficient (Wildman–Crippen LogP) is 6.37. The van der Waals surface area contributed by atoms with Gasteiger partial charge in [0.25, 0.3) is 0 Å². The van der Waals surface area contributed by atoms with Crippen LogP contribution >= 0.6 is 34.3 Å². The molecule has 1 aliphatic heterocycles. The third-order valence-electron chi connectivity index (χ3n) is 4.91. The topological polar surface area (TPSA) is 42.4 Å². The van der Waals surface area contributed by atoms with E-state index in [1.165, 1.54) is 30.6 Å². The van der Waals surface area contributed by atoms with E-state index < -0.39 is 5.97 Å². The van der Waals surface area contributed by atoms with Gasteiger partial charge in [0.05, 0.1) is 15.2 Å². The fourth-order valence-corrected chi connectivity index (χ4v) is 5.91. The van der Waals surface area contributed by atoms with E-state index in [9.17, 15) is 4.79 Å². The van der Waals surface area contributed by atoms with Crippen LogP contribution in [0.3, 0.4) is 0 Å². The first kappa shape index (κ1) is 17.9. The monoisotopic (exact) mass is 428 g/mol. The molecule has 0 radical (unpaired) electrons. The normalized spacial score (nSPS) is 14.7. The third kappa shape index (κ3) is 3.26. The molecule has 1 aliphatic rings. The van der Waals surface area contributed by atoms with Crippen molar-refractivity contribution in [2.75, 3.05) is 18.0 Å². The molecule has 2 aromatic carbocycles. The van der Waals surface area contributed by atoms with Crippen molar-refractivity contribution in [3.05, 3.63) is 52.4 Å². The maximum Gasteiger partial charge on any atom is 0.355 e. The lowest BCUT2D eigenvalue weighted by atomic mass is 10.1. The number of nitrogens with zero attached hydrogens (tertiary/aromatic N) is 2. The molecule has 0 atom stereocenters. The Morgan fingerprint density at radius 2 is 1.86 bits per heavy atom. The minimum absolute atomic E-state index is 0.425. The van der Waals surface area contributed by atoms with Crippen LogP contribution in [0.15, 0.2) is 42.5 Å². The fraction of sp³-hybridized carbons (Fsp3) is 0.238. The largest absolute Gasteiger partial charge is 0.422 e. The van der Waals surface area contributed by atoms with Crippen LogP contribution in [0.25, 0.3) is 20.3 Å². The summed E-state index contributed by atoms with van der Waals surface area (Å²) in [7, 11) is 0. The summed E-state index contributed by atoms with van der Waals surface area (Å²) >= 11 is 9.40. The number of piperidine rings is 1. The molecule has 4 nitrogen and oxygen atoms in total. The Hall–Kier alpha value is -2.15. The molecule has 4 aromatic rings. The van der Waals surface area contributed by atoms with Gasteiger partial charge in [-0.2, -0.15) is 0 Å². The molecule has 7 heteroatoms. The highest BCUT2D eigenvalue weighted by Crippen LogP contribution is 2.37. The van der Waals surface area contributed by atoms with Crippen LogP contribution in [0.1, 0.15) is 28.9 Å². The molecule has 0 aliphatic carbocycles. The first-order chi connectivity index (χ1) is 13.7. The summed E-state index contributed by atoms with van der Waals surface area (Å²) in [6.45, 7) is 2.12. The van der Waals surface area contributed by atoms with E-state index in [-0.39, 0.29) is 0 Å². The van der Waals surface area contributed by atoms with Crippen LogP contribution < -0.4 is 9.64 Å². The van der Waals surface area contributed by atoms with Gasteiger partial charge in [-0.25, -0.2) is 9.78 Å². The van der Waals surface area contributed by atoms with Crippen molar-refractivity contribution in [1.29, 1.82) is 0 Å². The van der Waals surface area contributed by atoms with Crippen molar-refractivity contribution in [1.82, 2.24) is 4.98 Å². The van der Waals surface area contributed by atoms with E-state index >= 15 is 0 Å². The molecule has 1 saturated heterocycles. The molecule has 1 fully saturated rings. The van der Waals surface area contributed by atoms with E-state index in [1.807, 2.05) is 36.4 Å². The Labute approximate surface area is 175 Å². The summed E-state index contributed by atoms with van der Waals surface area (Å²) in [5.41, 5.74) is 0.935. The van der Waals surface area contributed by atoms with Gasteiger partial charge in [-0.1, -0.05) is 41.1 Å². The quantitative estimate of drug-likeness (QED) is 0.280. The van der Waals surface area contributed by atoms with Crippen molar-refractivity contribution in [2.45, 2.75) is 19.3 Å². The van der Waals surface area contributed by atoms with Crippen molar-refractivity contribution in [3.8, 4) is 5.75 Å². The van der Waals surface area contributed by atoms with Gasteiger partial charge in [0.15, 0.2) is 5.13 Å². The van der Waals surface area contributed by atoms with Gasteiger partial charge in [0, 0.05) is 29.2 Å². The molecule has 28 heavy (non-hydrogen) atoms. The van der Waals surface area contributed by atoms with Crippen LogP contribution in [0.4, 0.5) is 5.13 Å². The Morgan fingerprint density at radius 1 is 1.04 bits per heavy atom. The Balaban J connectivity index is 1.41. The van der Waals surface area contributed by atoms with E-state index in [2.05, 4.69) is 4.90 Å². The van der Waals surface area contributed by atoms with Gasteiger partial charge in [0.1, 0.15) is 10.6 Å². The zero-order valence-electron chi connectivity index (χ0n) is 15.0. The van der Waals surface area contributed by atoms with Crippen molar-refractivity contribution in [2.24, 2.45) is 0 Å². The average Bonchev–Trinajstić information content (AvgIpc) is 3.30. The summed E-state index contributed by atoms with van der Waals surface area (Å²) in [5.74, 6) is 0.0891. The van der Waals surface area contributed by atoms with E-state index in [0.717, 1.165) is 38.5 Å². The maximum atomic E-state index is 12.7. The Morgan fingerprint density at radius 3 is 2.68 bits per heavy atom. The number of thiazole rings is 1. The molecule has 2 aromatic heterocycles. The summed E-state index contributed by atoms with van der Waals surface area (Å²) in [6, 6.07) is 13.3. The molecule has 0 unspecified atom stereocenters. The molecule has 0 amide bonds. The number of thiophene rings is 1. The van der Waals surface area contributed by atoms with Gasteiger partial charge in [-0.15, -0.1) is 11.3 Å². The molecule has 0 bridgehead atoms. The van der Waals surface area contributed by atoms with Crippen molar-refractivity contribution in [3.63, 3.8) is 0 Å². The lowest BCUT2D eigenvalue weighted by Crippen LogP contribution is -2.29. The average molecular weight is 429 g/mol. The van der Waals surface area contributed by atoms with Crippen LogP contribution in [-0.2, 0) is 0 Å². The summed E-state index contributed by atoms with van der Waals surface area (Å²) in [5, 5.41) is 2.38. The second-order valence-electron chi connectivity index (χ2n) is 6.80. The lowest BCUT2D eigenvalue weighted by molar-refractivity contribution is 0.0740. The number of ether oxygens (including phenoxy) is 1. The molecule has 142 valence electrons. The number of anilines is 1. The minimum Gasteiger partial charge on any atom is -0.422 e. The number of aromatic nitrogens is 1. The highest BCUT2D eigenvalue weighted by Gasteiger charge is 2.20. The Kier molecular flexibility index (Phi) is 4.70. The van der Waals surface area contributed by atoms with Crippen LogP contribution in [-0.4, -0.2) is 24.0 Å². The Bertz CT molecular complexity index is 1180. The van der Waals surface area contributed by atoms with Gasteiger partial charge >= 0.3 is 5.97 Å². The van der Waals surface area contributed by atoms with E-state index in [1.54, 1.807) is 17.4 Å². The van der Waals surface area contributed by atoms with Gasteiger partial charge in [-0.3, -0.25) is 0 Å². The number of halogens is 1. The molecular formula is C21H17ClN2O2S2. The molecule has 5 rings (SSSR count). The van der Waals surface area contributed by atoms with Crippen LogP contribution in [0.5, 0.6) is 5.75 Å². The standard InChI is InChI=1S/C21H17ClN2O2S2/c22-18-14-6-2-3-7-16(14)27-19(18)20(25)26-13-8-9-15-17(12-13)28-21(23-15)24-10-4-1-5-11-24/h2-3,6-9,12H,1,4-5,10-11H2. The number of hydrogen-bond donors (Lipinski definition) is 0. The van der Waals surface area contributed by atoms with Gasteiger partial charge < -0.3 is 9.64 Å². The second-order valence-corrected chi connectivity index (χ2v) is 9.24. The van der Waals surface area contributed by atoms with Crippen molar-refractivity contribution >= 4 is 65.7 Å². The second kappa shape index (κ2) is 7.35.